The van der Waals surface area contributed by atoms with E-state index in [1.54, 1.807) is 6.92 Å². The van der Waals surface area contributed by atoms with Gasteiger partial charge in [-0.3, -0.25) is 4.79 Å². The van der Waals surface area contributed by atoms with E-state index in [1.807, 2.05) is 4.90 Å². The number of anilines is 1. The number of para-hydroxylation sites is 1. The molecule has 1 fully saturated rings. The van der Waals surface area contributed by atoms with Gasteiger partial charge in [-0.25, -0.2) is 8.78 Å². The second kappa shape index (κ2) is 7.17. The van der Waals surface area contributed by atoms with Crippen molar-refractivity contribution in [1.82, 2.24) is 4.90 Å². The fourth-order valence-corrected chi connectivity index (χ4v) is 3.44. The normalized spacial score (nSPS) is 15.9. The fraction of sp³-hybridized carbons (Fsp3) is 0.429. The van der Waals surface area contributed by atoms with Crippen molar-refractivity contribution in [3.63, 3.8) is 0 Å². The van der Waals surface area contributed by atoms with E-state index in [0.717, 1.165) is 38.1 Å². The van der Waals surface area contributed by atoms with Crippen LogP contribution in [0.5, 0.6) is 0 Å². The molecule has 1 aliphatic heterocycles. The van der Waals surface area contributed by atoms with Gasteiger partial charge in [0.15, 0.2) is 0 Å². The summed E-state index contributed by atoms with van der Waals surface area (Å²) in [6.45, 7) is 3.48. The number of carbonyl (C=O) groups excluding carboxylic acids is 1. The van der Waals surface area contributed by atoms with Crippen LogP contribution < -0.4 is 5.32 Å². The van der Waals surface area contributed by atoms with Crippen molar-refractivity contribution < 1.29 is 13.6 Å². The molecule has 21 heavy (non-hydrogen) atoms. The number of thiocarbonyl (C=S) groups is 1. The maximum absolute atomic E-state index is 13.5. The lowest BCUT2D eigenvalue weighted by atomic mass is 10.3. The molecule has 0 radical (unpaired) electrons. The molecule has 0 saturated carbocycles. The van der Waals surface area contributed by atoms with E-state index in [1.165, 1.54) is 17.8 Å². The van der Waals surface area contributed by atoms with E-state index in [-0.39, 0.29) is 0 Å². The van der Waals surface area contributed by atoms with Crippen LogP contribution in [0.25, 0.3) is 0 Å². The number of hydrogen-bond acceptors (Lipinski definition) is 3. The molecule has 0 spiro atoms. The molecule has 1 heterocycles. The SMILES string of the molecule is CC(SC(=S)N1CCCC1)C(=O)Nc1c(F)cccc1F. The molecule has 1 N–H and O–H groups in total. The Morgan fingerprint density at radius 1 is 1.33 bits per heavy atom. The quantitative estimate of drug-likeness (QED) is 0.861. The minimum Gasteiger partial charge on any atom is -0.358 e. The predicted molar refractivity (Wildman–Crippen MR) is 85.4 cm³/mol. The molecule has 1 aromatic carbocycles. The van der Waals surface area contributed by atoms with Gasteiger partial charge in [0, 0.05) is 13.1 Å². The molecule has 1 saturated heterocycles. The highest BCUT2D eigenvalue weighted by Gasteiger charge is 2.22. The third kappa shape index (κ3) is 4.14. The van der Waals surface area contributed by atoms with E-state index < -0.39 is 28.5 Å². The highest BCUT2D eigenvalue weighted by atomic mass is 32.2. The number of nitrogens with one attached hydrogen (secondary N) is 1. The average molecular weight is 330 g/mol. The van der Waals surface area contributed by atoms with Crippen LogP contribution in [0.1, 0.15) is 19.8 Å². The first kappa shape index (κ1) is 16.2. The predicted octanol–water partition coefficient (Wildman–Crippen LogP) is 3.41. The zero-order chi connectivity index (χ0) is 15.4. The molecule has 1 aromatic rings. The number of amides is 1. The number of rotatable bonds is 3. The van der Waals surface area contributed by atoms with Crippen LogP contribution in [0.2, 0.25) is 0 Å². The molecule has 1 atom stereocenters. The Hall–Kier alpha value is -1.21. The Balaban J connectivity index is 1.94. The van der Waals surface area contributed by atoms with Crippen molar-refractivity contribution in [3.05, 3.63) is 29.8 Å². The second-order valence-corrected chi connectivity index (χ2v) is 6.78. The molecule has 1 aliphatic rings. The molecule has 0 aromatic heterocycles. The highest BCUT2D eigenvalue weighted by Crippen LogP contribution is 2.23. The van der Waals surface area contributed by atoms with Gasteiger partial charge in [0.25, 0.3) is 0 Å². The maximum Gasteiger partial charge on any atom is 0.237 e. The fourth-order valence-electron chi connectivity index (χ4n) is 2.02. The molecule has 1 amide bonds. The van der Waals surface area contributed by atoms with Gasteiger partial charge in [-0.2, -0.15) is 0 Å². The monoisotopic (exact) mass is 330 g/mol. The average Bonchev–Trinajstić information content (AvgIpc) is 2.97. The summed E-state index contributed by atoms with van der Waals surface area (Å²) in [6, 6.07) is 3.46. The Bertz CT molecular complexity index is 528. The summed E-state index contributed by atoms with van der Waals surface area (Å²) in [5, 5.41) is 1.77. The minimum absolute atomic E-state index is 0.415. The number of hydrogen-bond donors (Lipinski definition) is 1. The van der Waals surface area contributed by atoms with E-state index >= 15 is 0 Å². The van der Waals surface area contributed by atoms with Crippen molar-refractivity contribution in [2.45, 2.75) is 25.0 Å². The van der Waals surface area contributed by atoms with E-state index in [4.69, 9.17) is 12.2 Å². The smallest absolute Gasteiger partial charge is 0.237 e. The highest BCUT2D eigenvalue weighted by molar-refractivity contribution is 8.23. The van der Waals surface area contributed by atoms with Crippen LogP contribution >= 0.6 is 24.0 Å². The van der Waals surface area contributed by atoms with Crippen molar-refractivity contribution >= 4 is 39.9 Å². The molecular weight excluding hydrogens is 314 g/mol. The molecule has 7 heteroatoms. The molecule has 0 aliphatic carbocycles. The number of likely N-dealkylation sites (tertiary alicyclic amines) is 1. The molecule has 2 rings (SSSR count). The van der Waals surface area contributed by atoms with Crippen molar-refractivity contribution in [2.75, 3.05) is 18.4 Å². The first-order valence-electron chi connectivity index (χ1n) is 6.69. The summed E-state index contributed by atoms with van der Waals surface area (Å²) in [6.07, 6.45) is 2.20. The van der Waals surface area contributed by atoms with Gasteiger partial charge in [-0.15, -0.1) is 0 Å². The summed E-state index contributed by atoms with van der Waals surface area (Å²) in [7, 11) is 0. The van der Waals surface area contributed by atoms with E-state index in [9.17, 15) is 13.6 Å². The Morgan fingerprint density at radius 2 is 1.90 bits per heavy atom. The standard InChI is InChI=1S/C14H16F2N2OS2/c1-9(21-14(20)18-7-2-3-8-18)13(19)17-12-10(15)5-4-6-11(12)16/h4-6,9H,2-3,7-8H2,1H3,(H,17,19). The maximum atomic E-state index is 13.5. The minimum atomic E-state index is -0.789. The van der Waals surface area contributed by atoms with E-state index in [2.05, 4.69) is 5.32 Å². The number of nitrogens with zero attached hydrogens (tertiary/aromatic N) is 1. The van der Waals surface area contributed by atoms with Crippen molar-refractivity contribution in [3.8, 4) is 0 Å². The molecule has 1 unspecified atom stereocenters. The lowest BCUT2D eigenvalue weighted by Gasteiger charge is -2.20. The first-order valence-corrected chi connectivity index (χ1v) is 7.98. The third-order valence-corrected chi connectivity index (χ3v) is 4.80. The Labute approximate surface area is 132 Å². The largest absolute Gasteiger partial charge is 0.358 e. The van der Waals surface area contributed by atoms with Crippen molar-refractivity contribution in [2.24, 2.45) is 0 Å². The van der Waals surface area contributed by atoms with Crippen LogP contribution in [0.4, 0.5) is 14.5 Å². The van der Waals surface area contributed by atoms with Crippen LogP contribution in [0, 0.1) is 11.6 Å². The number of carbonyl (C=O) groups is 1. The summed E-state index contributed by atoms with van der Waals surface area (Å²) >= 11 is 6.52. The van der Waals surface area contributed by atoms with Gasteiger partial charge >= 0.3 is 0 Å². The van der Waals surface area contributed by atoms with Crippen molar-refractivity contribution in [1.29, 1.82) is 0 Å². The van der Waals surface area contributed by atoms with Gasteiger partial charge in [0.2, 0.25) is 5.91 Å². The lowest BCUT2D eigenvalue weighted by molar-refractivity contribution is -0.115. The summed E-state index contributed by atoms with van der Waals surface area (Å²) in [4.78, 5) is 14.1. The van der Waals surface area contributed by atoms with E-state index in [0.29, 0.717) is 4.32 Å². The van der Waals surface area contributed by atoms with Gasteiger partial charge < -0.3 is 10.2 Å². The van der Waals surface area contributed by atoms with Crippen LogP contribution in [0.15, 0.2) is 18.2 Å². The lowest BCUT2D eigenvalue weighted by Crippen LogP contribution is -2.29. The number of halogens is 2. The van der Waals surface area contributed by atoms with Crippen LogP contribution in [-0.2, 0) is 4.79 Å². The Kier molecular flexibility index (Phi) is 5.52. The number of benzene rings is 1. The Morgan fingerprint density at radius 3 is 2.48 bits per heavy atom. The molecule has 0 bridgehead atoms. The van der Waals surface area contributed by atoms with Crippen LogP contribution in [0.3, 0.4) is 0 Å². The summed E-state index contributed by atoms with van der Waals surface area (Å²) in [5.41, 5.74) is -0.415. The zero-order valence-electron chi connectivity index (χ0n) is 11.6. The molecular formula is C14H16F2N2OS2. The van der Waals surface area contributed by atoms with Crippen LogP contribution in [-0.4, -0.2) is 33.5 Å². The zero-order valence-corrected chi connectivity index (χ0v) is 13.2. The molecule has 114 valence electrons. The number of thioether (sulfide) groups is 1. The third-order valence-electron chi connectivity index (χ3n) is 3.22. The molecule has 3 nitrogen and oxygen atoms in total. The first-order chi connectivity index (χ1) is 9.99. The van der Waals surface area contributed by atoms with Gasteiger partial charge in [-0.05, 0) is 31.9 Å². The topological polar surface area (TPSA) is 32.3 Å². The summed E-state index contributed by atoms with van der Waals surface area (Å²) < 4.78 is 27.6. The van der Waals surface area contributed by atoms with Gasteiger partial charge in [0.05, 0.1) is 5.25 Å². The van der Waals surface area contributed by atoms with Gasteiger partial charge in [-0.1, -0.05) is 30.0 Å². The van der Waals surface area contributed by atoms with Gasteiger partial charge in [0.1, 0.15) is 21.6 Å². The second-order valence-electron chi connectivity index (χ2n) is 4.81. The summed E-state index contributed by atoms with van der Waals surface area (Å²) in [5.74, 6) is -2.05.